The van der Waals surface area contributed by atoms with Crippen molar-refractivity contribution < 1.29 is 23.0 Å². The minimum Gasteiger partial charge on any atom is -0.507 e. The molecule has 2 aromatic heterocycles. The van der Waals surface area contributed by atoms with E-state index in [1.807, 2.05) is 17.8 Å². The first-order valence-corrected chi connectivity index (χ1v) is 9.33. The predicted molar refractivity (Wildman–Crippen MR) is 98.3 cm³/mol. The van der Waals surface area contributed by atoms with Gasteiger partial charge in [-0.15, -0.1) is 5.10 Å². The number of fused-ring (bicyclic) bond motifs is 2. The molecule has 1 atom stereocenters. The molecular formula is C20H19F3N4O2. The second-order valence-corrected chi connectivity index (χ2v) is 8.39. The standard InChI is InChI=1S/C20H19F3N4O2/c1-10-4-12(20(21,22)23)5-15(28)16(10)13-6-24-14-7-27(26-17(14)25-13)19-8-18(3,9-19)29-11(19)2/h4-7,11,28H,8-9H2,1-3H3/t11-,18?,19?/m0/s1. The number of phenols is 1. The Morgan fingerprint density at radius 2 is 2.00 bits per heavy atom. The third kappa shape index (κ3) is 2.56. The normalized spacial score (nSPS) is 28.7. The second kappa shape index (κ2) is 5.47. The Kier molecular flexibility index (Phi) is 3.46. The summed E-state index contributed by atoms with van der Waals surface area (Å²) in [6.45, 7) is 5.61. The number of aromatic nitrogens is 4. The molecule has 3 aliphatic rings. The zero-order valence-electron chi connectivity index (χ0n) is 16.1. The molecule has 0 spiro atoms. The Morgan fingerprint density at radius 3 is 2.59 bits per heavy atom. The Bertz CT molecular complexity index is 1130. The van der Waals surface area contributed by atoms with Gasteiger partial charge in [0.25, 0.3) is 0 Å². The molecular weight excluding hydrogens is 385 g/mol. The Morgan fingerprint density at radius 1 is 1.28 bits per heavy atom. The molecule has 4 heterocycles. The molecule has 3 fully saturated rings. The molecule has 29 heavy (non-hydrogen) atoms. The lowest BCUT2D eigenvalue weighted by Gasteiger charge is -2.43. The molecule has 2 bridgehead atoms. The number of aryl methyl sites for hydroxylation is 1. The van der Waals surface area contributed by atoms with Crippen molar-refractivity contribution in [2.45, 2.75) is 57.0 Å². The highest BCUT2D eigenvalue weighted by Gasteiger charge is 2.65. The molecule has 152 valence electrons. The summed E-state index contributed by atoms with van der Waals surface area (Å²) < 4.78 is 46.8. The molecule has 6 nitrogen and oxygen atoms in total. The molecule has 6 rings (SSSR count). The van der Waals surface area contributed by atoms with Crippen LogP contribution in [0.4, 0.5) is 13.2 Å². The van der Waals surface area contributed by atoms with Gasteiger partial charge in [-0.2, -0.15) is 13.2 Å². The first-order chi connectivity index (χ1) is 13.5. The van der Waals surface area contributed by atoms with E-state index in [1.54, 1.807) is 0 Å². The molecule has 1 N–H and O–H groups in total. The van der Waals surface area contributed by atoms with Gasteiger partial charge in [-0.3, -0.25) is 4.68 Å². The van der Waals surface area contributed by atoms with Crippen molar-refractivity contribution in [2.24, 2.45) is 0 Å². The Balaban J connectivity index is 1.57. The number of rotatable bonds is 2. The highest BCUT2D eigenvalue weighted by atomic mass is 19.4. The van der Waals surface area contributed by atoms with E-state index in [1.165, 1.54) is 13.1 Å². The molecule has 0 radical (unpaired) electrons. The van der Waals surface area contributed by atoms with E-state index in [9.17, 15) is 18.3 Å². The third-order valence-corrected chi connectivity index (χ3v) is 6.16. The van der Waals surface area contributed by atoms with Crippen LogP contribution in [-0.2, 0) is 16.5 Å². The van der Waals surface area contributed by atoms with Gasteiger partial charge in [0, 0.05) is 18.4 Å². The van der Waals surface area contributed by atoms with Gasteiger partial charge in [-0.05, 0) is 38.5 Å². The van der Waals surface area contributed by atoms with Crippen molar-refractivity contribution in [1.82, 2.24) is 19.7 Å². The number of halogens is 3. The smallest absolute Gasteiger partial charge is 0.416 e. The minimum atomic E-state index is -4.54. The molecule has 1 aliphatic carbocycles. The number of hydrogen-bond donors (Lipinski definition) is 1. The summed E-state index contributed by atoms with van der Waals surface area (Å²) >= 11 is 0. The molecule has 1 saturated carbocycles. The van der Waals surface area contributed by atoms with Gasteiger partial charge >= 0.3 is 6.18 Å². The molecule has 3 aromatic rings. The summed E-state index contributed by atoms with van der Waals surface area (Å²) in [5, 5.41) is 14.8. The number of phenolic OH excluding ortho intramolecular Hbond substituents is 1. The molecule has 0 unspecified atom stereocenters. The summed E-state index contributed by atoms with van der Waals surface area (Å²) in [6, 6.07) is 1.70. The lowest BCUT2D eigenvalue weighted by atomic mass is 9.67. The quantitative estimate of drug-likeness (QED) is 0.693. The fraction of sp³-hybridized carbons (Fsp3) is 0.450. The van der Waals surface area contributed by atoms with Crippen molar-refractivity contribution in [3.8, 4) is 17.0 Å². The lowest BCUT2D eigenvalue weighted by Crippen LogP contribution is -2.51. The highest BCUT2D eigenvalue weighted by Crippen LogP contribution is 2.59. The van der Waals surface area contributed by atoms with E-state index < -0.39 is 17.5 Å². The number of alkyl halides is 3. The average Bonchev–Trinajstić information content (AvgIpc) is 3.19. The monoisotopic (exact) mass is 404 g/mol. The number of aromatic hydroxyl groups is 1. The zero-order valence-corrected chi connectivity index (χ0v) is 16.1. The Hall–Kier alpha value is -2.68. The molecule has 9 heteroatoms. The maximum absolute atomic E-state index is 13.0. The second-order valence-electron chi connectivity index (χ2n) is 8.39. The topological polar surface area (TPSA) is 73.1 Å². The van der Waals surface area contributed by atoms with Crippen LogP contribution in [0.15, 0.2) is 24.5 Å². The number of hydrogen-bond acceptors (Lipinski definition) is 5. The van der Waals surface area contributed by atoms with Crippen LogP contribution >= 0.6 is 0 Å². The number of ether oxygens (including phenoxy) is 1. The maximum atomic E-state index is 13.0. The highest BCUT2D eigenvalue weighted by molar-refractivity contribution is 5.77. The summed E-state index contributed by atoms with van der Waals surface area (Å²) in [6.07, 6.45) is 0.479. The number of nitrogens with zero attached hydrogens (tertiary/aromatic N) is 4. The zero-order chi connectivity index (χ0) is 20.8. The lowest BCUT2D eigenvalue weighted by molar-refractivity contribution is -0.137. The van der Waals surface area contributed by atoms with Crippen LogP contribution in [0.3, 0.4) is 0 Å². The van der Waals surface area contributed by atoms with Gasteiger partial charge in [-0.25, -0.2) is 9.97 Å². The van der Waals surface area contributed by atoms with Crippen LogP contribution in [-0.4, -0.2) is 36.6 Å². The van der Waals surface area contributed by atoms with Crippen molar-refractivity contribution in [1.29, 1.82) is 0 Å². The van der Waals surface area contributed by atoms with Crippen molar-refractivity contribution >= 4 is 11.2 Å². The van der Waals surface area contributed by atoms with E-state index in [4.69, 9.17) is 4.74 Å². The fourth-order valence-corrected chi connectivity index (χ4v) is 4.91. The SMILES string of the molecule is Cc1cc(C(F)(F)F)cc(O)c1-c1cnc2cn(C34CC(C)(C3)O[C@H]4C)nc2n1. The van der Waals surface area contributed by atoms with Crippen LogP contribution in [0.1, 0.15) is 37.8 Å². The van der Waals surface area contributed by atoms with Crippen LogP contribution in [0.25, 0.3) is 22.4 Å². The van der Waals surface area contributed by atoms with Crippen LogP contribution in [0, 0.1) is 6.92 Å². The van der Waals surface area contributed by atoms with Crippen LogP contribution in [0.2, 0.25) is 0 Å². The molecule has 0 amide bonds. The van der Waals surface area contributed by atoms with Gasteiger partial charge in [0.2, 0.25) is 0 Å². The van der Waals surface area contributed by atoms with Gasteiger partial charge < -0.3 is 9.84 Å². The van der Waals surface area contributed by atoms with Crippen molar-refractivity contribution in [2.75, 3.05) is 0 Å². The van der Waals surface area contributed by atoms with Gasteiger partial charge in [0.1, 0.15) is 11.3 Å². The summed E-state index contributed by atoms with van der Waals surface area (Å²) in [4.78, 5) is 8.84. The van der Waals surface area contributed by atoms with E-state index >= 15 is 0 Å². The van der Waals surface area contributed by atoms with E-state index in [0.29, 0.717) is 17.2 Å². The van der Waals surface area contributed by atoms with E-state index in [0.717, 1.165) is 18.9 Å². The summed E-state index contributed by atoms with van der Waals surface area (Å²) in [5.74, 6) is -0.489. The van der Waals surface area contributed by atoms with E-state index in [2.05, 4.69) is 22.0 Å². The van der Waals surface area contributed by atoms with Crippen LogP contribution in [0.5, 0.6) is 5.75 Å². The largest absolute Gasteiger partial charge is 0.507 e. The first-order valence-electron chi connectivity index (χ1n) is 9.33. The van der Waals surface area contributed by atoms with Crippen LogP contribution < -0.4 is 0 Å². The summed E-state index contributed by atoms with van der Waals surface area (Å²) in [7, 11) is 0. The summed E-state index contributed by atoms with van der Waals surface area (Å²) in [5.41, 5.74) is 0.472. The Labute approximate surface area is 164 Å². The third-order valence-electron chi connectivity index (χ3n) is 6.16. The average molecular weight is 404 g/mol. The van der Waals surface area contributed by atoms with E-state index in [-0.39, 0.29) is 34.1 Å². The minimum absolute atomic E-state index is 0.0162. The van der Waals surface area contributed by atoms with Gasteiger partial charge in [-0.1, -0.05) is 0 Å². The van der Waals surface area contributed by atoms with Crippen molar-refractivity contribution in [3.63, 3.8) is 0 Å². The first kappa shape index (κ1) is 18.4. The predicted octanol–water partition coefficient (Wildman–Crippen LogP) is 4.19. The van der Waals surface area contributed by atoms with Gasteiger partial charge in [0.15, 0.2) is 5.65 Å². The maximum Gasteiger partial charge on any atom is 0.416 e. The van der Waals surface area contributed by atoms with Crippen molar-refractivity contribution in [3.05, 3.63) is 35.7 Å². The molecule has 2 saturated heterocycles. The van der Waals surface area contributed by atoms with Gasteiger partial charge in [0.05, 0.1) is 40.9 Å². The molecule has 1 aromatic carbocycles. The fourth-order valence-electron chi connectivity index (χ4n) is 4.91. The number of benzene rings is 1. The molecule has 2 aliphatic heterocycles.